The van der Waals surface area contributed by atoms with Crippen LogP contribution in [-0.2, 0) is 19.4 Å². The van der Waals surface area contributed by atoms with Crippen molar-refractivity contribution >= 4 is 39.0 Å². The number of carbonyl (C=O) groups excluding carboxylic acids is 2. The molecule has 1 fully saturated rings. The molecule has 0 radical (unpaired) electrons. The molecule has 9 nitrogen and oxygen atoms in total. The molecule has 1 amide bonds. The van der Waals surface area contributed by atoms with Gasteiger partial charge in [-0.15, -0.1) is 0 Å². The number of hydrogen-bond donors (Lipinski definition) is 0. The second-order valence-electron chi connectivity index (χ2n) is 6.15. The summed E-state index contributed by atoms with van der Waals surface area (Å²) >= 11 is 5.89. The fraction of sp³-hybridized carbons (Fsp3) is 0.500. The molecule has 1 aliphatic heterocycles. The molecular formula is C16H19ClN2O7S. The number of benzene rings is 1. The fourth-order valence-electron chi connectivity index (χ4n) is 2.91. The maximum Gasteiger partial charge on any atom is 0.340 e. The maximum atomic E-state index is 12.6. The van der Waals surface area contributed by atoms with Gasteiger partial charge in [0.25, 0.3) is 11.6 Å². The third kappa shape index (κ3) is 4.95. The minimum absolute atomic E-state index is 0.0218. The van der Waals surface area contributed by atoms with Gasteiger partial charge in [-0.3, -0.25) is 14.9 Å². The monoisotopic (exact) mass is 418 g/mol. The predicted molar refractivity (Wildman–Crippen MR) is 97.4 cm³/mol. The summed E-state index contributed by atoms with van der Waals surface area (Å²) in [6, 6.07) is 2.83. The smallest absolute Gasteiger partial charge is 0.340 e. The first kappa shape index (κ1) is 21.1. The molecule has 2 atom stereocenters. The number of esters is 1. The lowest BCUT2D eigenvalue weighted by Crippen LogP contribution is -2.46. The van der Waals surface area contributed by atoms with E-state index in [4.69, 9.17) is 16.3 Å². The van der Waals surface area contributed by atoms with Crippen LogP contribution in [0.5, 0.6) is 0 Å². The van der Waals surface area contributed by atoms with E-state index in [0.29, 0.717) is 6.42 Å². The Morgan fingerprint density at radius 3 is 2.59 bits per heavy atom. The highest BCUT2D eigenvalue weighted by atomic mass is 35.5. The Morgan fingerprint density at radius 1 is 1.44 bits per heavy atom. The lowest BCUT2D eigenvalue weighted by molar-refractivity contribution is -0.384. The Bertz CT molecular complexity index is 872. The normalized spacial score (nSPS) is 19.3. The summed E-state index contributed by atoms with van der Waals surface area (Å²) in [5.74, 6) is -1.49. The number of non-ortho nitro benzene ring substituents is 1. The van der Waals surface area contributed by atoms with Crippen LogP contribution < -0.4 is 0 Å². The summed E-state index contributed by atoms with van der Waals surface area (Å²) in [5.41, 5.74) is -0.381. The zero-order valence-corrected chi connectivity index (χ0v) is 16.3. The highest BCUT2D eigenvalue weighted by Gasteiger charge is 2.36. The average molecular weight is 419 g/mol. The van der Waals surface area contributed by atoms with Gasteiger partial charge in [0, 0.05) is 24.7 Å². The Morgan fingerprint density at radius 2 is 2.11 bits per heavy atom. The molecule has 1 aliphatic rings. The number of carbonyl (C=O) groups is 2. The van der Waals surface area contributed by atoms with Gasteiger partial charge in [-0.05, 0) is 26.3 Å². The number of hydrogen-bond acceptors (Lipinski definition) is 7. The molecular weight excluding hydrogens is 400 g/mol. The molecule has 0 bridgehead atoms. The molecule has 1 aromatic carbocycles. The second kappa shape index (κ2) is 8.22. The topological polar surface area (TPSA) is 124 Å². The largest absolute Gasteiger partial charge is 0.449 e. The zero-order chi connectivity index (χ0) is 20.4. The van der Waals surface area contributed by atoms with Gasteiger partial charge in [0.1, 0.15) is 0 Å². The number of nitro groups is 1. The Labute approximate surface area is 161 Å². The van der Waals surface area contributed by atoms with Crippen molar-refractivity contribution in [2.45, 2.75) is 32.4 Å². The molecule has 0 spiro atoms. The van der Waals surface area contributed by atoms with Crippen LogP contribution in [0.2, 0.25) is 5.02 Å². The van der Waals surface area contributed by atoms with Crippen LogP contribution in [-0.4, -0.2) is 60.3 Å². The Kier molecular flexibility index (Phi) is 6.42. The van der Waals surface area contributed by atoms with E-state index < -0.39 is 38.8 Å². The van der Waals surface area contributed by atoms with Crippen molar-refractivity contribution in [2.75, 3.05) is 18.1 Å². The number of rotatable bonds is 6. The van der Waals surface area contributed by atoms with Gasteiger partial charge in [0.05, 0.1) is 27.0 Å². The first-order valence-electron chi connectivity index (χ1n) is 8.21. The van der Waals surface area contributed by atoms with Gasteiger partial charge in [-0.1, -0.05) is 11.6 Å². The number of amides is 1. The Hall–Kier alpha value is -2.20. The number of nitrogens with zero attached hydrogens (tertiary/aromatic N) is 2. The molecule has 11 heteroatoms. The van der Waals surface area contributed by atoms with Gasteiger partial charge in [0.15, 0.2) is 15.9 Å². The number of sulfone groups is 1. The third-order valence-electron chi connectivity index (χ3n) is 4.29. The first-order valence-corrected chi connectivity index (χ1v) is 10.4. The van der Waals surface area contributed by atoms with E-state index in [0.717, 1.165) is 18.2 Å². The zero-order valence-electron chi connectivity index (χ0n) is 14.8. The fourth-order valence-corrected chi connectivity index (χ4v) is 4.89. The van der Waals surface area contributed by atoms with Crippen LogP contribution in [0.4, 0.5) is 5.69 Å². The van der Waals surface area contributed by atoms with Crippen molar-refractivity contribution in [3.63, 3.8) is 0 Å². The van der Waals surface area contributed by atoms with E-state index in [1.807, 2.05) is 0 Å². The molecule has 1 heterocycles. The third-order valence-corrected chi connectivity index (χ3v) is 6.35. The minimum atomic E-state index is -3.17. The molecule has 0 saturated carbocycles. The molecule has 1 aromatic rings. The first-order chi connectivity index (χ1) is 12.6. The van der Waals surface area contributed by atoms with E-state index in [1.165, 1.54) is 11.8 Å². The van der Waals surface area contributed by atoms with Crippen LogP contribution >= 0.6 is 11.6 Å². The van der Waals surface area contributed by atoms with Crippen molar-refractivity contribution in [3.05, 3.63) is 38.9 Å². The van der Waals surface area contributed by atoms with E-state index >= 15 is 0 Å². The summed E-state index contributed by atoms with van der Waals surface area (Å²) in [6.45, 7) is 3.37. The van der Waals surface area contributed by atoms with Gasteiger partial charge in [-0.2, -0.15) is 0 Å². The minimum Gasteiger partial charge on any atom is -0.449 e. The molecule has 148 valence electrons. The number of nitro benzene ring substituents is 1. The van der Waals surface area contributed by atoms with Crippen LogP contribution in [0.1, 0.15) is 30.6 Å². The van der Waals surface area contributed by atoms with Crippen molar-refractivity contribution in [2.24, 2.45) is 0 Å². The summed E-state index contributed by atoms with van der Waals surface area (Å²) in [7, 11) is -3.17. The van der Waals surface area contributed by atoms with Crippen LogP contribution in [0.15, 0.2) is 18.2 Å². The summed E-state index contributed by atoms with van der Waals surface area (Å²) in [5, 5.41) is 10.6. The highest BCUT2D eigenvalue weighted by molar-refractivity contribution is 7.91. The van der Waals surface area contributed by atoms with E-state index in [-0.39, 0.29) is 34.3 Å². The quantitative estimate of drug-likeness (QED) is 0.392. The molecule has 0 N–H and O–H groups in total. The van der Waals surface area contributed by atoms with Gasteiger partial charge >= 0.3 is 5.97 Å². The number of likely N-dealkylation sites (N-methyl/N-ethyl adjacent to an activating group) is 1. The summed E-state index contributed by atoms with van der Waals surface area (Å²) in [4.78, 5) is 36.3. The molecule has 0 aromatic heterocycles. The lowest BCUT2D eigenvalue weighted by Gasteiger charge is -2.29. The lowest BCUT2D eigenvalue weighted by atomic mass is 10.2. The van der Waals surface area contributed by atoms with E-state index in [2.05, 4.69) is 0 Å². The van der Waals surface area contributed by atoms with Crippen molar-refractivity contribution in [1.82, 2.24) is 4.90 Å². The standard InChI is InChI=1S/C16H19ClN2O7S/c1-3-18(12-6-7-27(24,25)9-12)15(20)10(2)26-16(21)13-5-4-11(19(22)23)8-14(13)17/h4-5,8,10,12H,3,6-7,9H2,1-2H3/t10-,12+/m1/s1. The van der Waals surface area contributed by atoms with Crippen LogP contribution in [0.25, 0.3) is 0 Å². The van der Waals surface area contributed by atoms with Gasteiger partial charge in [0.2, 0.25) is 0 Å². The molecule has 27 heavy (non-hydrogen) atoms. The second-order valence-corrected chi connectivity index (χ2v) is 8.79. The molecule has 1 saturated heterocycles. The van der Waals surface area contributed by atoms with Crippen molar-refractivity contribution in [1.29, 1.82) is 0 Å². The van der Waals surface area contributed by atoms with Crippen LogP contribution in [0, 0.1) is 10.1 Å². The number of halogens is 1. The van der Waals surface area contributed by atoms with Crippen LogP contribution in [0.3, 0.4) is 0 Å². The van der Waals surface area contributed by atoms with Gasteiger partial charge < -0.3 is 9.64 Å². The maximum absolute atomic E-state index is 12.6. The SMILES string of the molecule is CCN(C(=O)[C@@H](C)OC(=O)c1ccc([N+](=O)[O-])cc1Cl)[C@H]1CCS(=O)(=O)C1. The average Bonchev–Trinajstić information content (AvgIpc) is 2.94. The predicted octanol–water partition coefficient (Wildman–Crippen LogP) is 1.83. The molecule has 0 unspecified atom stereocenters. The van der Waals surface area contributed by atoms with Crippen molar-refractivity contribution < 1.29 is 27.7 Å². The van der Waals surface area contributed by atoms with E-state index in [9.17, 15) is 28.1 Å². The highest BCUT2D eigenvalue weighted by Crippen LogP contribution is 2.24. The summed E-state index contributed by atoms with van der Waals surface area (Å²) in [6.07, 6.45) is -0.816. The molecule has 2 rings (SSSR count). The Balaban J connectivity index is 2.09. The number of ether oxygens (including phenoxy) is 1. The van der Waals surface area contributed by atoms with Crippen molar-refractivity contribution in [3.8, 4) is 0 Å². The molecule has 0 aliphatic carbocycles. The summed E-state index contributed by atoms with van der Waals surface area (Å²) < 4.78 is 28.4. The van der Waals surface area contributed by atoms with Gasteiger partial charge in [-0.25, -0.2) is 13.2 Å². The van der Waals surface area contributed by atoms with E-state index in [1.54, 1.807) is 6.92 Å².